The van der Waals surface area contributed by atoms with Gasteiger partial charge in [0.2, 0.25) is 0 Å². The van der Waals surface area contributed by atoms with Gasteiger partial charge in [-0.15, -0.1) is 0 Å². The van der Waals surface area contributed by atoms with Crippen molar-refractivity contribution in [3.63, 3.8) is 0 Å². The number of rotatable bonds is 4. The molecule has 100 valence electrons. The van der Waals surface area contributed by atoms with Crippen LogP contribution in [-0.2, 0) is 9.53 Å². The van der Waals surface area contributed by atoms with Crippen LogP contribution < -0.4 is 5.32 Å². The van der Waals surface area contributed by atoms with Gasteiger partial charge in [0.05, 0.1) is 6.61 Å². The van der Waals surface area contributed by atoms with E-state index in [0.717, 1.165) is 0 Å². The topological polar surface area (TPSA) is 97.0 Å². The highest BCUT2D eigenvalue weighted by molar-refractivity contribution is 5.99. The Morgan fingerprint density at radius 3 is 2.84 bits per heavy atom. The summed E-state index contributed by atoms with van der Waals surface area (Å²) in [6.45, 7) is 3.57. The molecule has 2 N–H and O–H groups in total. The second-order valence-corrected chi connectivity index (χ2v) is 3.97. The molecule has 0 saturated carbocycles. The number of nitrogens with zero attached hydrogens (tertiary/aromatic N) is 2. The lowest BCUT2D eigenvalue weighted by molar-refractivity contribution is -0.144. The number of carbonyl (C=O) groups excluding carboxylic acids is 2. The molecule has 0 aliphatic carbocycles. The fraction of sp³-hybridized carbons (Fsp3) is 0.333. The van der Waals surface area contributed by atoms with Gasteiger partial charge in [-0.3, -0.25) is 4.79 Å². The Morgan fingerprint density at radius 2 is 2.11 bits per heavy atom. The van der Waals surface area contributed by atoms with E-state index in [4.69, 9.17) is 4.74 Å². The molecule has 2 rings (SSSR count). The zero-order chi connectivity index (χ0) is 13.8. The van der Waals surface area contributed by atoms with Crippen LogP contribution in [0.4, 0.5) is 0 Å². The third-order valence-electron chi connectivity index (χ3n) is 2.57. The van der Waals surface area contributed by atoms with Crippen LogP contribution >= 0.6 is 0 Å². The zero-order valence-corrected chi connectivity index (χ0v) is 10.6. The minimum Gasteiger partial charge on any atom is -0.464 e. The van der Waals surface area contributed by atoms with Crippen LogP contribution in [-0.4, -0.2) is 39.9 Å². The number of ether oxygens (including phenoxy) is 1. The second kappa shape index (κ2) is 5.47. The molecule has 0 bridgehead atoms. The lowest BCUT2D eigenvalue weighted by Crippen LogP contribution is -2.39. The first kappa shape index (κ1) is 13.0. The van der Waals surface area contributed by atoms with Gasteiger partial charge >= 0.3 is 5.97 Å². The van der Waals surface area contributed by atoms with Crippen LogP contribution in [0.5, 0.6) is 0 Å². The van der Waals surface area contributed by atoms with Gasteiger partial charge in [-0.05, 0) is 32.0 Å². The number of amides is 1. The molecule has 1 amide bonds. The van der Waals surface area contributed by atoms with Crippen LogP contribution in [0.3, 0.4) is 0 Å². The first-order valence-electron chi connectivity index (χ1n) is 5.90. The van der Waals surface area contributed by atoms with Gasteiger partial charge in [-0.25, -0.2) is 4.79 Å². The van der Waals surface area contributed by atoms with Crippen molar-refractivity contribution in [2.24, 2.45) is 0 Å². The van der Waals surface area contributed by atoms with E-state index < -0.39 is 12.0 Å². The largest absolute Gasteiger partial charge is 0.464 e. The Balaban J connectivity index is 2.08. The summed E-state index contributed by atoms with van der Waals surface area (Å²) in [5.41, 5.74) is 1.68. The Kier molecular flexibility index (Phi) is 3.74. The van der Waals surface area contributed by atoms with Crippen molar-refractivity contribution in [3.05, 3.63) is 23.8 Å². The van der Waals surface area contributed by atoms with Crippen LogP contribution in [0.2, 0.25) is 0 Å². The molecule has 1 atom stereocenters. The lowest BCUT2D eigenvalue weighted by Gasteiger charge is -2.12. The minimum absolute atomic E-state index is 0.282. The van der Waals surface area contributed by atoms with Crippen molar-refractivity contribution in [1.82, 2.24) is 20.7 Å². The normalized spacial score (nSPS) is 12.1. The quantitative estimate of drug-likeness (QED) is 0.788. The number of nitrogens with one attached hydrogen (secondary N) is 2. The molecule has 7 nitrogen and oxygen atoms in total. The molecule has 0 aliphatic heterocycles. The zero-order valence-electron chi connectivity index (χ0n) is 10.6. The van der Waals surface area contributed by atoms with Gasteiger partial charge in [0.15, 0.2) is 0 Å². The standard InChI is InChI=1S/C12H14N4O3/c1-3-19-12(18)7(2)13-11(17)8-4-5-9-10(6-8)15-16-14-9/h4-7H,3H2,1-2H3,(H,13,17)(H,14,15,16). The van der Waals surface area contributed by atoms with Crippen molar-refractivity contribution in [1.29, 1.82) is 0 Å². The van der Waals surface area contributed by atoms with Crippen LogP contribution in [0.1, 0.15) is 24.2 Å². The van der Waals surface area contributed by atoms with Gasteiger partial charge in [0, 0.05) is 5.56 Å². The molecule has 1 unspecified atom stereocenters. The number of benzene rings is 1. The fourth-order valence-electron chi connectivity index (χ4n) is 1.59. The summed E-state index contributed by atoms with van der Waals surface area (Å²) in [4.78, 5) is 23.4. The Hall–Kier alpha value is -2.44. The highest BCUT2D eigenvalue weighted by Crippen LogP contribution is 2.10. The summed E-state index contributed by atoms with van der Waals surface area (Å²) >= 11 is 0. The van der Waals surface area contributed by atoms with Gasteiger partial charge in [0.25, 0.3) is 5.91 Å². The van der Waals surface area contributed by atoms with E-state index in [-0.39, 0.29) is 12.5 Å². The molecule has 19 heavy (non-hydrogen) atoms. The maximum atomic E-state index is 12.0. The Bertz CT molecular complexity index is 608. The number of aromatic nitrogens is 3. The SMILES string of the molecule is CCOC(=O)C(C)NC(=O)c1ccc2n[nH]nc2c1. The van der Waals surface area contributed by atoms with Crippen molar-refractivity contribution in [2.45, 2.75) is 19.9 Å². The first-order chi connectivity index (χ1) is 9.11. The number of hydrogen-bond acceptors (Lipinski definition) is 5. The maximum absolute atomic E-state index is 12.0. The number of fused-ring (bicyclic) bond motifs is 1. The molecule has 0 saturated heterocycles. The van der Waals surface area contributed by atoms with Crippen LogP contribution in [0.15, 0.2) is 18.2 Å². The predicted molar refractivity (Wildman–Crippen MR) is 67.4 cm³/mol. The number of hydrogen-bond donors (Lipinski definition) is 2. The first-order valence-corrected chi connectivity index (χ1v) is 5.90. The molecule has 1 aromatic heterocycles. The summed E-state index contributed by atoms with van der Waals surface area (Å²) in [7, 11) is 0. The van der Waals surface area contributed by atoms with Gasteiger partial charge in [-0.2, -0.15) is 15.4 Å². The summed E-state index contributed by atoms with van der Waals surface area (Å²) in [5.74, 6) is -0.816. The Labute approximate surface area is 109 Å². The summed E-state index contributed by atoms with van der Waals surface area (Å²) in [6.07, 6.45) is 0. The summed E-state index contributed by atoms with van der Waals surface area (Å²) in [5, 5.41) is 12.8. The number of H-pyrrole nitrogens is 1. The average molecular weight is 262 g/mol. The lowest BCUT2D eigenvalue weighted by atomic mass is 10.2. The Morgan fingerprint density at radius 1 is 1.37 bits per heavy atom. The van der Waals surface area contributed by atoms with Crippen molar-refractivity contribution in [3.8, 4) is 0 Å². The minimum atomic E-state index is -0.694. The van der Waals surface area contributed by atoms with Gasteiger partial charge in [-0.1, -0.05) is 0 Å². The highest BCUT2D eigenvalue weighted by Gasteiger charge is 2.17. The maximum Gasteiger partial charge on any atom is 0.328 e. The highest BCUT2D eigenvalue weighted by atomic mass is 16.5. The van der Waals surface area contributed by atoms with E-state index in [9.17, 15) is 9.59 Å². The smallest absolute Gasteiger partial charge is 0.328 e. The van der Waals surface area contributed by atoms with E-state index in [0.29, 0.717) is 16.6 Å². The number of aromatic amines is 1. The number of carbonyl (C=O) groups is 2. The summed E-state index contributed by atoms with van der Waals surface area (Å²) < 4.78 is 4.82. The number of esters is 1. The molecule has 1 heterocycles. The molecular weight excluding hydrogens is 248 g/mol. The van der Waals surface area contributed by atoms with Crippen molar-refractivity contribution < 1.29 is 14.3 Å². The molecular formula is C12H14N4O3. The molecule has 1 aromatic carbocycles. The molecule has 0 spiro atoms. The monoisotopic (exact) mass is 262 g/mol. The van der Waals surface area contributed by atoms with E-state index in [2.05, 4.69) is 20.7 Å². The van der Waals surface area contributed by atoms with Crippen LogP contribution in [0.25, 0.3) is 11.0 Å². The van der Waals surface area contributed by atoms with Crippen molar-refractivity contribution in [2.75, 3.05) is 6.61 Å². The molecule has 0 aliphatic rings. The van der Waals surface area contributed by atoms with Crippen LogP contribution in [0, 0.1) is 0 Å². The molecule has 0 radical (unpaired) electrons. The van der Waals surface area contributed by atoms with Gasteiger partial charge in [0.1, 0.15) is 17.1 Å². The van der Waals surface area contributed by atoms with E-state index in [1.54, 1.807) is 32.0 Å². The summed E-state index contributed by atoms with van der Waals surface area (Å²) in [6, 6.07) is 4.22. The van der Waals surface area contributed by atoms with E-state index in [1.807, 2.05) is 0 Å². The van der Waals surface area contributed by atoms with E-state index in [1.165, 1.54) is 0 Å². The van der Waals surface area contributed by atoms with Gasteiger partial charge < -0.3 is 10.1 Å². The third-order valence-corrected chi connectivity index (χ3v) is 2.57. The molecule has 0 fully saturated rings. The average Bonchev–Trinajstić information content (AvgIpc) is 2.85. The molecule has 2 aromatic rings. The third kappa shape index (κ3) is 2.87. The van der Waals surface area contributed by atoms with E-state index >= 15 is 0 Å². The fourth-order valence-corrected chi connectivity index (χ4v) is 1.59. The second-order valence-electron chi connectivity index (χ2n) is 3.97. The predicted octanol–water partition coefficient (Wildman–Crippen LogP) is 0.639. The molecule has 7 heteroatoms. The van der Waals surface area contributed by atoms with Crippen molar-refractivity contribution >= 4 is 22.9 Å².